The molecule has 4 heteroatoms. The molecule has 0 atom stereocenters. The third-order valence-corrected chi connectivity index (χ3v) is 3.43. The largest absolute Gasteiger partial charge is 0.477 e. The van der Waals surface area contributed by atoms with Gasteiger partial charge in [-0.25, -0.2) is 9.79 Å². The quantitative estimate of drug-likeness (QED) is 0.752. The van der Waals surface area contributed by atoms with Gasteiger partial charge in [0.25, 0.3) is 0 Å². The summed E-state index contributed by atoms with van der Waals surface area (Å²) in [5.41, 5.74) is 2.85. The summed E-state index contributed by atoms with van der Waals surface area (Å²) in [4.78, 5) is 15.0. The van der Waals surface area contributed by atoms with Gasteiger partial charge in [0.05, 0.1) is 11.1 Å². The average molecular weight is 247 g/mol. The zero-order chi connectivity index (χ0) is 12.0. The molecule has 0 saturated heterocycles. The van der Waals surface area contributed by atoms with Crippen LogP contribution in [-0.2, 0) is 17.6 Å². The Bertz CT molecular complexity index is 628. The lowest BCUT2D eigenvalue weighted by Crippen LogP contribution is -2.22. The van der Waals surface area contributed by atoms with E-state index in [1.54, 1.807) is 0 Å². The van der Waals surface area contributed by atoms with Crippen LogP contribution in [0, 0.1) is 0 Å². The van der Waals surface area contributed by atoms with Crippen LogP contribution in [0.15, 0.2) is 27.9 Å². The van der Waals surface area contributed by atoms with Gasteiger partial charge in [-0.2, -0.15) is 0 Å². The molecule has 0 amide bonds. The number of fused-ring (bicyclic) bond motifs is 2. The van der Waals surface area contributed by atoms with Crippen LogP contribution in [-0.4, -0.2) is 11.1 Å². The number of carboxylic acid groups (broad SMARTS) is 1. The molecule has 2 aliphatic rings. The first-order valence-corrected chi connectivity index (χ1v) is 5.80. The molecule has 1 radical (unpaired) electrons. The van der Waals surface area contributed by atoms with Crippen LogP contribution in [0.4, 0.5) is 0 Å². The summed E-state index contributed by atoms with van der Waals surface area (Å²) < 4.78 is 0. The minimum absolute atomic E-state index is 0.220. The van der Waals surface area contributed by atoms with E-state index < -0.39 is 5.97 Å². The number of rotatable bonds is 1. The maximum atomic E-state index is 10.7. The van der Waals surface area contributed by atoms with Crippen molar-refractivity contribution in [3.05, 3.63) is 44.6 Å². The maximum Gasteiger partial charge on any atom is 0.349 e. The van der Waals surface area contributed by atoms with Gasteiger partial charge >= 0.3 is 5.97 Å². The number of nitrogens with zero attached hydrogens (tertiary/aromatic N) is 1. The van der Waals surface area contributed by atoms with E-state index in [0.717, 1.165) is 23.4 Å². The Morgan fingerprint density at radius 1 is 1.35 bits per heavy atom. The summed E-state index contributed by atoms with van der Waals surface area (Å²) in [7, 11) is 0. The summed E-state index contributed by atoms with van der Waals surface area (Å²) in [6.45, 7) is 0. The number of benzene rings is 1. The van der Waals surface area contributed by atoms with Crippen molar-refractivity contribution in [2.24, 2.45) is 4.99 Å². The van der Waals surface area contributed by atoms with Crippen molar-refractivity contribution in [3.63, 3.8) is 0 Å². The van der Waals surface area contributed by atoms with Gasteiger partial charge in [-0.3, -0.25) is 0 Å². The van der Waals surface area contributed by atoms with Gasteiger partial charge in [0.15, 0.2) is 5.03 Å². The van der Waals surface area contributed by atoms with E-state index in [1.807, 2.05) is 12.1 Å². The molecule has 1 aromatic carbocycles. The van der Waals surface area contributed by atoms with Crippen LogP contribution >= 0.6 is 11.6 Å². The Labute approximate surface area is 103 Å². The molecule has 0 spiro atoms. The molecule has 1 aliphatic heterocycles. The third-order valence-electron chi connectivity index (χ3n) is 3.09. The second kappa shape index (κ2) is 3.70. The molecule has 85 valence electrons. The monoisotopic (exact) mass is 246 g/mol. The number of hydrogen-bond donors (Lipinski definition) is 1. The van der Waals surface area contributed by atoms with E-state index in [9.17, 15) is 4.79 Å². The van der Waals surface area contributed by atoms with Crippen molar-refractivity contribution in [1.29, 1.82) is 0 Å². The molecule has 1 aliphatic carbocycles. The first-order valence-electron chi connectivity index (χ1n) is 5.43. The second-order valence-corrected chi connectivity index (χ2v) is 4.57. The Morgan fingerprint density at radius 2 is 2.06 bits per heavy atom. The molecule has 0 unspecified atom stereocenters. The number of aryl methyl sites for hydroxylation is 2. The zero-order valence-corrected chi connectivity index (χ0v) is 9.71. The molecule has 0 bridgehead atoms. The summed E-state index contributed by atoms with van der Waals surface area (Å²) in [5.74, 6) is -1.17. The van der Waals surface area contributed by atoms with Gasteiger partial charge in [0, 0.05) is 11.3 Å². The Morgan fingerprint density at radius 3 is 2.76 bits per heavy atom. The smallest absolute Gasteiger partial charge is 0.349 e. The minimum atomic E-state index is -1.17. The van der Waals surface area contributed by atoms with Gasteiger partial charge in [-0.15, -0.1) is 0 Å². The Hall–Kier alpha value is -1.61. The lowest BCUT2D eigenvalue weighted by atomic mass is 10.1. The average Bonchev–Trinajstić information content (AvgIpc) is 2.88. The van der Waals surface area contributed by atoms with Gasteiger partial charge in [-0.1, -0.05) is 11.6 Å². The summed E-state index contributed by atoms with van der Waals surface area (Å²) in [6, 6.07) is 4.06. The van der Waals surface area contributed by atoms with Crippen LogP contribution in [0.1, 0.15) is 17.5 Å². The summed E-state index contributed by atoms with van der Waals surface area (Å²) in [5, 5.41) is 10.1. The molecule has 0 aromatic heterocycles. The first kappa shape index (κ1) is 10.5. The van der Waals surface area contributed by atoms with Crippen molar-refractivity contribution in [1.82, 2.24) is 0 Å². The van der Waals surface area contributed by atoms with E-state index >= 15 is 0 Å². The van der Waals surface area contributed by atoms with Crippen molar-refractivity contribution < 1.29 is 9.90 Å². The van der Waals surface area contributed by atoms with Crippen molar-refractivity contribution in [2.45, 2.75) is 19.3 Å². The number of carbonyl (C=O) groups is 1. The van der Waals surface area contributed by atoms with Crippen molar-refractivity contribution >= 4 is 23.6 Å². The fourth-order valence-electron chi connectivity index (χ4n) is 2.28. The summed E-state index contributed by atoms with van der Waals surface area (Å²) in [6.07, 6.45) is 6.28. The number of aliphatic carboxylic acids is 1. The predicted octanol–water partition coefficient (Wildman–Crippen LogP) is 1.00. The number of allylic oxidation sites excluding steroid dienone is 1. The molecule has 0 fully saturated rings. The highest BCUT2D eigenvalue weighted by Gasteiger charge is 2.16. The maximum absolute atomic E-state index is 10.7. The van der Waals surface area contributed by atoms with Gasteiger partial charge < -0.3 is 5.11 Å². The molecular weight excluding hydrogens is 238 g/mol. The highest BCUT2D eigenvalue weighted by atomic mass is 35.5. The van der Waals surface area contributed by atoms with Gasteiger partial charge in [-0.05, 0) is 42.5 Å². The third kappa shape index (κ3) is 1.67. The SMILES string of the molecule is O=C(O)C(Cl)=C1[C]=c2cc3c(cc2=N1)CCC3. The van der Waals surface area contributed by atoms with E-state index in [-0.39, 0.29) is 10.7 Å². The normalized spacial score (nSPS) is 19.1. The standard InChI is InChI=1S/C13H9ClNO2/c14-12(13(16)17)11-6-9-4-7-2-1-3-8(7)5-10(9)15-11/h4-5H,1-3H2,(H,16,17). The minimum Gasteiger partial charge on any atom is -0.477 e. The Kier molecular flexibility index (Phi) is 2.30. The lowest BCUT2D eigenvalue weighted by Gasteiger charge is -1.95. The predicted molar refractivity (Wildman–Crippen MR) is 63.2 cm³/mol. The van der Waals surface area contributed by atoms with Crippen LogP contribution in [0.25, 0.3) is 6.08 Å². The Balaban J connectivity index is 2.21. The summed E-state index contributed by atoms with van der Waals surface area (Å²) >= 11 is 5.66. The number of carboxylic acids is 1. The lowest BCUT2D eigenvalue weighted by molar-refractivity contribution is -0.131. The molecule has 3 rings (SSSR count). The van der Waals surface area contributed by atoms with Crippen molar-refractivity contribution in [3.8, 4) is 0 Å². The van der Waals surface area contributed by atoms with Gasteiger partial charge in [0.2, 0.25) is 0 Å². The molecule has 1 N–H and O–H groups in total. The van der Waals surface area contributed by atoms with Crippen molar-refractivity contribution in [2.75, 3.05) is 0 Å². The fourth-order valence-corrected chi connectivity index (χ4v) is 2.37. The van der Waals surface area contributed by atoms with Crippen LogP contribution in [0.2, 0.25) is 0 Å². The van der Waals surface area contributed by atoms with E-state index in [0.29, 0.717) is 0 Å². The number of hydrogen-bond acceptors (Lipinski definition) is 2. The highest BCUT2D eigenvalue weighted by molar-refractivity contribution is 6.41. The first-order chi connectivity index (χ1) is 8.15. The van der Waals surface area contributed by atoms with E-state index in [4.69, 9.17) is 16.7 Å². The molecule has 3 nitrogen and oxygen atoms in total. The molecular formula is C13H9ClNO2. The topological polar surface area (TPSA) is 49.7 Å². The fraction of sp³-hybridized carbons (Fsp3) is 0.231. The zero-order valence-electron chi connectivity index (χ0n) is 8.96. The molecule has 0 saturated carbocycles. The highest BCUT2D eigenvalue weighted by Crippen LogP contribution is 2.20. The van der Waals surface area contributed by atoms with Gasteiger partial charge in [0.1, 0.15) is 0 Å². The van der Waals surface area contributed by atoms with Crippen LogP contribution in [0.5, 0.6) is 0 Å². The van der Waals surface area contributed by atoms with Crippen LogP contribution in [0.3, 0.4) is 0 Å². The van der Waals surface area contributed by atoms with E-state index in [2.05, 4.69) is 11.1 Å². The van der Waals surface area contributed by atoms with Crippen LogP contribution < -0.4 is 10.6 Å². The molecule has 17 heavy (non-hydrogen) atoms. The molecule has 1 aromatic rings. The number of halogens is 1. The second-order valence-electron chi connectivity index (χ2n) is 4.20. The van der Waals surface area contributed by atoms with E-state index in [1.165, 1.54) is 17.5 Å². The molecule has 1 heterocycles.